The number of halogens is 2. The SMILES string of the molecule is CCN(C(=O)CCCN1CCC(C#N)(c2ccccc2)CC1)C1=C(C(=O)O)C(c2ccc(F)cc2F)NC(=O)N1. The van der Waals surface area contributed by atoms with Gasteiger partial charge in [-0.05, 0) is 57.5 Å². The van der Waals surface area contributed by atoms with Gasteiger partial charge in [0.15, 0.2) is 0 Å². The average Bonchev–Trinajstić information content (AvgIpc) is 2.94. The van der Waals surface area contributed by atoms with Crippen molar-refractivity contribution in [3.05, 3.63) is 82.7 Å². The van der Waals surface area contributed by atoms with Crippen molar-refractivity contribution >= 4 is 17.9 Å². The first-order valence-corrected chi connectivity index (χ1v) is 13.2. The Kier molecular flexibility index (Phi) is 8.80. The molecule has 2 aliphatic rings. The molecular weight excluding hydrogens is 520 g/mol. The Labute approximate surface area is 231 Å². The molecule has 0 aromatic heterocycles. The number of nitriles is 1. The number of likely N-dealkylation sites (tertiary alicyclic amines) is 1. The molecule has 2 heterocycles. The summed E-state index contributed by atoms with van der Waals surface area (Å²) in [6.07, 6.45) is 1.93. The molecule has 1 fully saturated rings. The van der Waals surface area contributed by atoms with Crippen molar-refractivity contribution in [2.45, 2.75) is 44.1 Å². The summed E-state index contributed by atoms with van der Waals surface area (Å²) in [5, 5.41) is 24.6. The Balaban J connectivity index is 1.44. The lowest BCUT2D eigenvalue weighted by molar-refractivity contribution is -0.133. The number of aliphatic carboxylic acids is 1. The van der Waals surface area contributed by atoms with Gasteiger partial charge in [0.05, 0.1) is 17.5 Å². The average molecular weight is 552 g/mol. The molecule has 3 amide bonds. The number of carbonyl (C=O) groups excluding carboxylic acids is 2. The molecule has 2 aliphatic heterocycles. The van der Waals surface area contributed by atoms with Gasteiger partial charge >= 0.3 is 12.0 Å². The van der Waals surface area contributed by atoms with Crippen LogP contribution >= 0.6 is 0 Å². The summed E-state index contributed by atoms with van der Waals surface area (Å²) in [5.74, 6) is -3.97. The van der Waals surface area contributed by atoms with E-state index in [1.165, 1.54) is 4.90 Å². The lowest BCUT2D eigenvalue weighted by Gasteiger charge is -2.37. The van der Waals surface area contributed by atoms with Gasteiger partial charge in [-0.3, -0.25) is 15.0 Å². The first-order valence-electron chi connectivity index (χ1n) is 13.2. The highest BCUT2D eigenvalue weighted by molar-refractivity contribution is 5.95. The molecule has 4 rings (SSSR count). The van der Waals surface area contributed by atoms with Crippen molar-refractivity contribution in [3.63, 3.8) is 0 Å². The summed E-state index contributed by atoms with van der Waals surface area (Å²) in [6.45, 7) is 3.73. The molecule has 1 atom stereocenters. The molecule has 1 unspecified atom stereocenters. The number of nitrogens with one attached hydrogen (secondary N) is 2. The minimum atomic E-state index is -1.46. The number of carboxylic acid groups (broad SMARTS) is 1. The van der Waals surface area contributed by atoms with Crippen molar-refractivity contribution in [1.29, 1.82) is 5.26 Å². The molecule has 0 aliphatic carbocycles. The van der Waals surface area contributed by atoms with E-state index in [-0.39, 0.29) is 24.4 Å². The molecule has 0 bridgehead atoms. The van der Waals surface area contributed by atoms with Crippen molar-refractivity contribution < 1.29 is 28.3 Å². The van der Waals surface area contributed by atoms with Gasteiger partial charge in [-0.1, -0.05) is 36.4 Å². The third-order valence-electron chi connectivity index (χ3n) is 7.56. The zero-order valence-corrected chi connectivity index (χ0v) is 22.1. The minimum Gasteiger partial charge on any atom is -0.478 e. The molecule has 40 heavy (non-hydrogen) atoms. The monoisotopic (exact) mass is 551 g/mol. The van der Waals surface area contributed by atoms with Crippen LogP contribution in [0.15, 0.2) is 59.9 Å². The Morgan fingerprint density at radius 3 is 2.48 bits per heavy atom. The molecule has 2 aromatic rings. The summed E-state index contributed by atoms with van der Waals surface area (Å²) in [4.78, 5) is 41.3. The van der Waals surface area contributed by atoms with Crippen LogP contribution in [0.4, 0.5) is 13.6 Å². The van der Waals surface area contributed by atoms with Gasteiger partial charge in [-0.25, -0.2) is 18.4 Å². The number of benzene rings is 2. The van der Waals surface area contributed by atoms with Crippen LogP contribution in [0.2, 0.25) is 0 Å². The predicted octanol–water partition coefficient (Wildman–Crippen LogP) is 3.80. The highest BCUT2D eigenvalue weighted by Crippen LogP contribution is 2.35. The van der Waals surface area contributed by atoms with Crippen molar-refractivity contribution in [2.75, 3.05) is 26.2 Å². The van der Waals surface area contributed by atoms with Crippen LogP contribution < -0.4 is 10.6 Å². The third kappa shape index (κ3) is 5.97. The highest BCUT2D eigenvalue weighted by Gasteiger charge is 2.38. The molecule has 0 radical (unpaired) electrons. The standard InChI is InChI=1S/C29H31F2N5O4/c1-2-36(26-24(27(38)39)25(33-28(40)34-26)21-11-10-20(30)17-22(21)31)23(37)9-6-14-35-15-12-29(18-32,13-16-35)19-7-4-3-5-8-19/h3-5,7-8,10-11,17,25H,2,6,9,12-16H2,1H3,(H,38,39)(H2,33,34,40). The molecule has 210 valence electrons. The maximum Gasteiger partial charge on any atom is 0.337 e. The smallest absolute Gasteiger partial charge is 0.337 e. The number of nitrogens with zero attached hydrogens (tertiary/aromatic N) is 3. The maximum absolute atomic E-state index is 14.5. The topological polar surface area (TPSA) is 126 Å². The lowest BCUT2D eigenvalue weighted by Crippen LogP contribution is -2.51. The Hall–Kier alpha value is -4.30. The van der Waals surface area contributed by atoms with Gasteiger partial charge in [0, 0.05) is 24.6 Å². The minimum absolute atomic E-state index is 0.0648. The van der Waals surface area contributed by atoms with Crippen molar-refractivity contribution in [1.82, 2.24) is 20.4 Å². The summed E-state index contributed by atoms with van der Waals surface area (Å²) >= 11 is 0. The van der Waals surface area contributed by atoms with E-state index in [1.807, 2.05) is 30.3 Å². The zero-order chi connectivity index (χ0) is 28.9. The summed E-state index contributed by atoms with van der Waals surface area (Å²) in [5.41, 5.74) is -0.176. The van der Waals surface area contributed by atoms with Crippen LogP contribution in [0.1, 0.15) is 49.8 Å². The molecular formula is C29H31F2N5O4. The van der Waals surface area contributed by atoms with E-state index in [2.05, 4.69) is 21.6 Å². The Bertz CT molecular complexity index is 1350. The number of urea groups is 1. The molecule has 0 spiro atoms. The number of carboxylic acids is 1. The molecule has 1 saturated heterocycles. The fourth-order valence-electron chi connectivity index (χ4n) is 5.39. The second-order valence-corrected chi connectivity index (χ2v) is 9.91. The fourth-order valence-corrected chi connectivity index (χ4v) is 5.39. The van der Waals surface area contributed by atoms with Gasteiger partial charge < -0.3 is 15.3 Å². The number of rotatable bonds is 9. The third-order valence-corrected chi connectivity index (χ3v) is 7.56. The van der Waals surface area contributed by atoms with Gasteiger partial charge in [0.25, 0.3) is 0 Å². The predicted molar refractivity (Wildman–Crippen MR) is 141 cm³/mol. The molecule has 3 N–H and O–H groups in total. The van der Waals surface area contributed by atoms with Crippen molar-refractivity contribution in [2.24, 2.45) is 0 Å². The summed E-state index contributed by atoms with van der Waals surface area (Å²) < 4.78 is 28.0. The second-order valence-electron chi connectivity index (χ2n) is 9.91. The van der Waals surface area contributed by atoms with E-state index >= 15 is 0 Å². The van der Waals surface area contributed by atoms with E-state index in [0.717, 1.165) is 17.7 Å². The van der Waals surface area contributed by atoms with E-state index in [9.17, 15) is 33.5 Å². The van der Waals surface area contributed by atoms with Crippen LogP contribution in [-0.4, -0.2) is 59.0 Å². The van der Waals surface area contributed by atoms with E-state index in [0.29, 0.717) is 45.0 Å². The molecule has 9 nitrogen and oxygen atoms in total. The van der Waals surface area contributed by atoms with Crippen LogP contribution in [0, 0.1) is 23.0 Å². The second kappa shape index (κ2) is 12.3. The maximum atomic E-state index is 14.5. The quantitative estimate of drug-likeness (QED) is 0.435. The number of piperidine rings is 1. The van der Waals surface area contributed by atoms with E-state index in [1.54, 1.807) is 6.92 Å². The van der Waals surface area contributed by atoms with Gasteiger partial charge in [0.2, 0.25) is 5.91 Å². The highest BCUT2D eigenvalue weighted by atomic mass is 19.1. The molecule has 0 saturated carbocycles. The van der Waals surface area contributed by atoms with Crippen LogP contribution in [0.3, 0.4) is 0 Å². The van der Waals surface area contributed by atoms with Crippen LogP contribution in [-0.2, 0) is 15.0 Å². The molecule has 11 heteroatoms. The Morgan fingerprint density at radius 2 is 1.88 bits per heavy atom. The van der Waals surface area contributed by atoms with Gasteiger partial charge in [0.1, 0.15) is 23.0 Å². The first-order chi connectivity index (χ1) is 19.2. The van der Waals surface area contributed by atoms with Crippen LogP contribution in [0.5, 0.6) is 0 Å². The van der Waals surface area contributed by atoms with Gasteiger partial charge in [-0.2, -0.15) is 5.26 Å². The fraction of sp³-hybridized carbons (Fsp3) is 0.379. The van der Waals surface area contributed by atoms with Gasteiger partial charge in [-0.15, -0.1) is 0 Å². The van der Waals surface area contributed by atoms with E-state index in [4.69, 9.17) is 0 Å². The summed E-state index contributed by atoms with van der Waals surface area (Å²) in [6, 6.07) is 12.6. The first kappa shape index (κ1) is 28.7. The van der Waals surface area contributed by atoms with E-state index < -0.39 is 46.6 Å². The largest absolute Gasteiger partial charge is 0.478 e. The van der Waals surface area contributed by atoms with Crippen molar-refractivity contribution in [3.8, 4) is 6.07 Å². The number of amides is 3. The molecule has 2 aromatic carbocycles. The zero-order valence-electron chi connectivity index (χ0n) is 22.1. The number of carbonyl (C=O) groups is 3. The lowest BCUT2D eigenvalue weighted by atomic mass is 9.74. The number of hydrogen-bond donors (Lipinski definition) is 3. The summed E-state index contributed by atoms with van der Waals surface area (Å²) in [7, 11) is 0. The number of hydrogen-bond acceptors (Lipinski definition) is 5. The normalized spacial score (nSPS) is 18.9. The van der Waals surface area contributed by atoms with Crippen LogP contribution in [0.25, 0.3) is 0 Å². The Morgan fingerprint density at radius 1 is 1.18 bits per heavy atom.